The predicted octanol–water partition coefficient (Wildman–Crippen LogP) is 9.35. The lowest BCUT2D eigenvalue weighted by Crippen LogP contribution is -1.98. The van der Waals surface area contributed by atoms with E-state index in [2.05, 4.69) is 48.3 Å². The van der Waals surface area contributed by atoms with Gasteiger partial charge in [0.1, 0.15) is 5.75 Å². The number of hydrogen-bond donors (Lipinski definition) is 0. The summed E-state index contributed by atoms with van der Waals surface area (Å²) in [4.78, 5) is 0. The Labute approximate surface area is 203 Å². The summed E-state index contributed by atoms with van der Waals surface area (Å²) in [5.74, 6) is 0.942. The number of ether oxygens (including phenoxy) is 1. The third-order valence-electron chi connectivity index (χ3n) is 6.42. The molecule has 3 nitrogen and oxygen atoms in total. The minimum absolute atomic E-state index is 0.804. The van der Waals surface area contributed by atoms with Crippen molar-refractivity contribution in [1.82, 2.24) is 10.2 Å². The molecule has 0 saturated heterocycles. The van der Waals surface area contributed by atoms with E-state index in [4.69, 9.17) is 4.74 Å². The van der Waals surface area contributed by atoms with Crippen molar-refractivity contribution in [1.29, 1.82) is 0 Å². The normalized spacial score (nSPS) is 11.1. The molecular formula is C30H48N2O. The topological polar surface area (TPSA) is 35.0 Å². The Morgan fingerprint density at radius 3 is 1.64 bits per heavy atom. The number of hydrogen-bond acceptors (Lipinski definition) is 3. The van der Waals surface area contributed by atoms with Crippen LogP contribution in [-0.4, -0.2) is 16.8 Å². The van der Waals surface area contributed by atoms with E-state index in [0.717, 1.165) is 42.1 Å². The fraction of sp³-hybridized carbons (Fsp3) is 0.667. The van der Waals surface area contributed by atoms with Crippen LogP contribution < -0.4 is 4.74 Å². The summed E-state index contributed by atoms with van der Waals surface area (Å²) in [7, 11) is 0. The number of aromatic nitrogens is 2. The van der Waals surface area contributed by atoms with Crippen molar-refractivity contribution in [3.05, 3.63) is 42.1 Å². The second-order valence-electron chi connectivity index (χ2n) is 9.48. The molecule has 0 N–H and O–H groups in total. The van der Waals surface area contributed by atoms with Gasteiger partial charge < -0.3 is 4.74 Å². The molecule has 0 atom stereocenters. The van der Waals surface area contributed by atoms with Crippen molar-refractivity contribution in [2.24, 2.45) is 0 Å². The van der Waals surface area contributed by atoms with Gasteiger partial charge in [0.15, 0.2) is 0 Å². The Morgan fingerprint density at radius 2 is 1.09 bits per heavy atom. The fourth-order valence-electron chi connectivity index (χ4n) is 4.24. The fourth-order valence-corrected chi connectivity index (χ4v) is 4.24. The van der Waals surface area contributed by atoms with Gasteiger partial charge in [-0.1, -0.05) is 104 Å². The van der Waals surface area contributed by atoms with Crippen LogP contribution in [0.4, 0.5) is 0 Å². The van der Waals surface area contributed by atoms with Crippen LogP contribution in [0.25, 0.3) is 11.3 Å². The van der Waals surface area contributed by atoms with Crippen LogP contribution in [0, 0.1) is 0 Å². The predicted molar refractivity (Wildman–Crippen MR) is 142 cm³/mol. The Bertz CT molecular complexity index is 696. The number of unbranched alkanes of at least 4 members (excludes halogenated alkanes) is 14. The van der Waals surface area contributed by atoms with Gasteiger partial charge in [-0.25, -0.2) is 0 Å². The lowest BCUT2D eigenvalue weighted by molar-refractivity contribution is 0.304. The lowest BCUT2D eigenvalue weighted by atomic mass is 10.1. The largest absolute Gasteiger partial charge is 0.494 e. The van der Waals surface area contributed by atoms with Gasteiger partial charge in [-0.05, 0) is 55.7 Å². The van der Waals surface area contributed by atoms with Crippen LogP contribution in [0.2, 0.25) is 0 Å². The summed E-state index contributed by atoms with van der Waals surface area (Å²) < 4.78 is 5.89. The highest BCUT2D eigenvalue weighted by molar-refractivity contribution is 5.59. The summed E-state index contributed by atoms with van der Waals surface area (Å²) in [5.41, 5.74) is 3.14. The SMILES string of the molecule is CCCCCCCCCCCCc1ccc(-c2ccc(OCCCCCCCC)cc2)nn1. The summed E-state index contributed by atoms with van der Waals surface area (Å²) in [6.07, 6.45) is 22.4. The Balaban J connectivity index is 1.58. The maximum atomic E-state index is 5.89. The molecule has 2 rings (SSSR count). The monoisotopic (exact) mass is 452 g/mol. The van der Waals surface area contributed by atoms with Crippen LogP contribution in [0.5, 0.6) is 5.75 Å². The van der Waals surface area contributed by atoms with E-state index in [1.807, 2.05) is 12.1 Å². The molecule has 2 aromatic rings. The van der Waals surface area contributed by atoms with Crippen LogP contribution in [-0.2, 0) is 6.42 Å². The van der Waals surface area contributed by atoms with Crippen LogP contribution in [0.1, 0.15) is 122 Å². The smallest absolute Gasteiger partial charge is 0.119 e. The van der Waals surface area contributed by atoms with Crippen molar-refractivity contribution in [2.75, 3.05) is 6.61 Å². The Hall–Kier alpha value is -1.90. The molecule has 1 aromatic carbocycles. The first-order valence-corrected chi connectivity index (χ1v) is 13.9. The van der Waals surface area contributed by atoms with Gasteiger partial charge >= 0.3 is 0 Å². The summed E-state index contributed by atoms with van der Waals surface area (Å²) in [6, 6.07) is 12.5. The molecule has 1 heterocycles. The molecule has 0 aliphatic rings. The molecule has 0 aliphatic carbocycles. The minimum Gasteiger partial charge on any atom is -0.494 e. The molecule has 33 heavy (non-hydrogen) atoms. The molecule has 0 unspecified atom stereocenters. The van der Waals surface area contributed by atoms with E-state index < -0.39 is 0 Å². The van der Waals surface area contributed by atoms with E-state index in [1.54, 1.807) is 0 Å². The highest BCUT2D eigenvalue weighted by atomic mass is 16.5. The van der Waals surface area contributed by atoms with Gasteiger partial charge in [0, 0.05) is 5.56 Å². The number of benzene rings is 1. The van der Waals surface area contributed by atoms with Crippen molar-refractivity contribution in [3.8, 4) is 17.0 Å². The number of rotatable bonds is 20. The van der Waals surface area contributed by atoms with Gasteiger partial charge in [-0.2, -0.15) is 10.2 Å². The van der Waals surface area contributed by atoms with Gasteiger partial charge in [0.2, 0.25) is 0 Å². The zero-order valence-corrected chi connectivity index (χ0v) is 21.5. The van der Waals surface area contributed by atoms with Crippen LogP contribution in [0.3, 0.4) is 0 Å². The highest BCUT2D eigenvalue weighted by Crippen LogP contribution is 2.21. The van der Waals surface area contributed by atoms with Gasteiger partial charge in [-0.3, -0.25) is 0 Å². The third kappa shape index (κ3) is 12.8. The van der Waals surface area contributed by atoms with Crippen molar-refractivity contribution >= 4 is 0 Å². The molecule has 184 valence electrons. The second-order valence-corrected chi connectivity index (χ2v) is 9.48. The maximum absolute atomic E-state index is 5.89. The first kappa shape index (κ1) is 27.3. The van der Waals surface area contributed by atoms with Crippen molar-refractivity contribution in [2.45, 2.75) is 123 Å². The molecule has 0 aliphatic heterocycles. The summed E-state index contributed by atoms with van der Waals surface area (Å²) in [6.45, 7) is 5.34. The molecule has 0 radical (unpaired) electrons. The van der Waals surface area contributed by atoms with E-state index in [1.165, 1.54) is 96.3 Å². The van der Waals surface area contributed by atoms with E-state index in [9.17, 15) is 0 Å². The quantitative estimate of drug-likeness (QED) is 0.188. The third-order valence-corrected chi connectivity index (χ3v) is 6.42. The zero-order chi connectivity index (χ0) is 23.4. The van der Waals surface area contributed by atoms with Crippen LogP contribution >= 0.6 is 0 Å². The molecule has 0 fully saturated rings. The minimum atomic E-state index is 0.804. The second kappa shape index (κ2) is 18.5. The molecule has 1 aromatic heterocycles. The highest BCUT2D eigenvalue weighted by Gasteiger charge is 2.03. The average molecular weight is 453 g/mol. The first-order valence-electron chi connectivity index (χ1n) is 13.9. The van der Waals surface area contributed by atoms with Crippen molar-refractivity contribution < 1.29 is 4.74 Å². The maximum Gasteiger partial charge on any atom is 0.119 e. The summed E-state index contributed by atoms with van der Waals surface area (Å²) in [5, 5.41) is 8.93. The lowest BCUT2D eigenvalue weighted by Gasteiger charge is -2.07. The van der Waals surface area contributed by atoms with E-state index >= 15 is 0 Å². The average Bonchev–Trinajstić information content (AvgIpc) is 2.85. The standard InChI is InChI=1S/C30H48N2O/c1-3-5-7-9-11-12-13-14-15-17-19-28-22-25-30(32-31-28)27-20-23-29(24-21-27)33-26-18-16-10-8-6-4-2/h20-25H,3-19,26H2,1-2H3. The molecule has 0 bridgehead atoms. The molecule has 0 amide bonds. The van der Waals surface area contributed by atoms with E-state index in [-0.39, 0.29) is 0 Å². The molecule has 0 spiro atoms. The Morgan fingerprint density at radius 1 is 0.545 bits per heavy atom. The van der Waals surface area contributed by atoms with Gasteiger partial charge in [-0.15, -0.1) is 0 Å². The molecule has 0 saturated carbocycles. The van der Waals surface area contributed by atoms with Gasteiger partial charge in [0.25, 0.3) is 0 Å². The molecule has 3 heteroatoms. The molecular weight excluding hydrogens is 404 g/mol. The summed E-state index contributed by atoms with van der Waals surface area (Å²) >= 11 is 0. The van der Waals surface area contributed by atoms with Crippen molar-refractivity contribution in [3.63, 3.8) is 0 Å². The number of aryl methyl sites for hydroxylation is 1. The van der Waals surface area contributed by atoms with E-state index in [0.29, 0.717) is 0 Å². The zero-order valence-electron chi connectivity index (χ0n) is 21.5. The van der Waals surface area contributed by atoms with Gasteiger partial charge in [0.05, 0.1) is 18.0 Å². The Kier molecular flexibility index (Phi) is 15.3. The number of nitrogens with zero attached hydrogens (tertiary/aromatic N) is 2. The van der Waals surface area contributed by atoms with Crippen LogP contribution in [0.15, 0.2) is 36.4 Å². The first-order chi connectivity index (χ1) is 16.3.